The molecule has 7 heteroatoms. The normalized spacial score (nSPS) is 11.8. The monoisotopic (exact) mass is 410 g/mol. The molecule has 0 radical (unpaired) electrons. The van der Waals surface area contributed by atoms with Crippen LogP contribution in [0.2, 0.25) is 0 Å². The highest BCUT2D eigenvalue weighted by Gasteiger charge is 2.18. The summed E-state index contributed by atoms with van der Waals surface area (Å²) in [6.45, 7) is 1.79. The van der Waals surface area contributed by atoms with E-state index in [0.717, 1.165) is 11.1 Å². The highest BCUT2D eigenvalue weighted by atomic mass is 32.2. The van der Waals surface area contributed by atoms with Crippen molar-refractivity contribution < 1.29 is 22.1 Å². The minimum atomic E-state index is -4.03. The van der Waals surface area contributed by atoms with Gasteiger partial charge >= 0.3 is 10.1 Å². The smallest absolute Gasteiger partial charge is 0.339 e. The Labute approximate surface area is 167 Å². The first-order valence-corrected chi connectivity index (χ1v) is 10.4. The van der Waals surface area contributed by atoms with E-state index in [1.54, 1.807) is 30.3 Å². The summed E-state index contributed by atoms with van der Waals surface area (Å²) < 4.78 is 36.1. The van der Waals surface area contributed by atoms with Gasteiger partial charge in [-0.25, -0.2) is 0 Å². The van der Waals surface area contributed by atoms with Gasteiger partial charge in [0, 0.05) is 6.61 Å². The highest BCUT2D eigenvalue weighted by molar-refractivity contribution is 7.87. The third kappa shape index (κ3) is 3.62. The van der Waals surface area contributed by atoms with E-state index in [1.165, 1.54) is 30.3 Å². The molecule has 1 heterocycles. The van der Waals surface area contributed by atoms with E-state index >= 15 is 0 Å². The predicted octanol–water partition coefficient (Wildman–Crippen LogP) is 3.56. The van der Waals surface area contributed by atoms with E-state index in [0.29, 0.717) is 23.0 Å². The fraction of sp³-hybridized carbons (Fsp3) is 0.136. The van der Waals surface area contributed by atoms with Crippen molar-refractivity contribution in [3.8, 4) is 5.75 Å². The Morgan fingerprint density at radius 2 is 1.76 bits per heavy atom. The van der Waals surface area contributed by atoms with Crippen LogP contribution in [-0.4, -0.2) is 20.1 Å². The Morgan fingerprint density at radius 1 is 1.00 bits per heavy atom. The lowest BCUT2D eigenvalue weighted by molar-refractivity contribution is 0.299. The second-order valence-electron chi connectivity index (χ2n) is 6.71. The molecule has 0 fully saturated rings. The van der Waals surface area contributed by atoms with Gasteiger partial charge in [-0.15, -0.1) is 0 Å². The molecule has 0 atom stereocenters. The van der Waals surface area contributed by atoms with E-state index in [9.17, 15) is 18.3 Å². The minimum Gasteiger partial charge on any atom is -0.456 e. The molecule has 0 saturated carbocycles. The molecule has 0 aliphatic rings. The maximum absolute atomic E-state index is 12.9. The first-order valence-electron chi connectivity index (χ1n) is 8.99. The number of aryl methyl sites for hydroxylation is 1. The molecular formula is C22H18O6S. The summed E-state index contributed by atoms with van der Waals surface area (Å²) in [6, 6.07) is 15.8. The maximum atomic E-state index is 12.9. The number of aliphatic hydroxyl groups excluding tert-OH is 1. The average molecular weight is 410 g/mol. The summed E-state index contributed by atoms with van der Waals surface area (Å²) in [5.41, 5.74) is 2.10. The molecule has 0 aliphatic carbocycles. The van der Waals surface area contributed by atoms with Crippen LogP contribution in [-0.2, 0) is 16.5 Å². The number of hydrogen-bond acceptors (Lipinski definition) is 6. The van der Waals surface area contributed by atoms with Crippen molar-refractivity contribution in [2.24, 2.45) is 0 Å². The number of benzene rings is 3. The van der Waals surface area contributed by atoms with E-state index in [4.69, 9.17) is 8.60 Å². The fourth-order valence-corrected chi connectivity index (χ4v) is 4.09. The molecule has 1 N–H and O–H groups in total. The molecule has 29 heavy (non-hydrogen) atoms. The Kier molecular flexibility index (Phi) is 4.86. The summed E-state index contributed by atoms with van der Waals surface area (Å²) in [4.78, 5) is 13.0. The van der Waals surface area contributed by atoms with E-state index in [-0.39, 0.29) is 28.1 Å². The van der Waals surface area contributed by atoms with Crippen LogP contribution in [0.1, 0.15) is 11.1 Å². The predicted molar refractivity (Wildman–Crippen MR) is 110 cm³/mol. The lowest BCUT2D eigenvalue weighted by Gasteiger charge is -2.09. The quantitative estimate of drug-likeness (QED) is 0.399. The van der Waals surface area contributed by atoms with E-state index < -0.39 is 10.1 Å². The number of fused-ring (bicyclic) bond motifs is 2. The summed E-state index contributed by atoms with van der Waals surface area (Å²) in [5, 5.41) is 9.80. The van der Waals surface area contributed by atoms with Crippen LogP contribution in [0.3, 0.4) is 0 Å². The molecule has 0 spiro atoms. The second-order valence-corrected chi connectivity index (χ2v) is 8.25. The molecule has 4 rings (SSSR count). The standard InChI is InChI=1S/C22H18O6S/c1-14-5-8-17(9-6-14)29(25,26)28-16-7-10-20-19(13-16)21(24)18-4-2-3-15(11-12-23)22(18)27-20/h2-10,13,23H,11-12H2,1H3. The Hall–Kier alpha value is -3.16. The Balaban J connectivity index is 1.80. The molecular weight excluding hydrogens is 392 g/mol. The van der Waals surface area contributed by atoms with Crippen molar-refractivity contribution in [2.75, 3.05) is 6.61 Å². The molecule has 148 valence electrons. The van der Waals surface area contributed by atoms with Crippen LogP contribution >= 0.6 is 0 Å². The first kappa shape index (κ1) is 19.2. The minimum absolute atomic E-state index is 0.0243. The Bertz CT molecular complexity index is 1370. The van der Waals surface area contributed by atoms with Gasteiger partial charge < -0.3 is 13.7 Å². The lowest BCUT2D eigenvalue weighted by Crippen LogP contribution is -2.10. The third-order valence-electron chi connectivity index (χ3n) is 4.65. The van der Waals surface area contributed by atoms with Crippen LogP contribution in [0, 0.1) is 6.92 Å². The van der Waals surface area contributed by atoms with Gasteiger partial charge in [0.05, 0.1) is 10.8 Å². The SMILES string of the molecule is Cc1ccc(S(=O)(=O)Oc2ccc3oc4c(CCO)cccc4c(=O)c3c2)cc1. The van der Waals surface area contributed by atoms with Gasteiger partial charge in [-0.1, -0.05) is 29.8 Å². The third-order valence-corrected chi connectivity index (χ3v) is 5.91. The van der Waals surface area contributed by atoms with Gasteiger partial charge in [-0.05, 0) is 55.3 Å². The second kappa shape index (κ2) is 7.35. The zero-order valence-electron chi connectivity index (χ0n) is 15.6. The van der Waals surface area contributed by atoms with Crippen molar-refractivity contribution in [1.29, 1.82) is 0 Å². The van der Waals surface area contributed by atoms with Gasteiger partial charge in [0.2, 0.25) is 5.43 Å². The number of hydrogen-bond donors (Lipinski definition) is 1. The largest absolute Gasteiger partial charge is 0.456 e. The Morgan fingerprint density at radius 3 is 2.48 bits per heavy atom. The van der Waals surface area contributed by atoms with Gasteiger partial charge in [-0.3, -0.25) is 4.79 Å². The van der Waals surface area contributed by atoms with Crippen LogP contribution in [0.4, 0.5) is 0 Å². The topological polar surface area (TPSA) is 93.8 Å². The molecule has 0 saturated heterocycles. The summed E-state index contributed by atoms with van der Waals surface area (Å²) in [6.07, 6.45) is 0.363. The molecule has 0 aliphatic heterocycles. The zero-order chi connectivity index (χ0) is 20.6. The highest BCUT2D eigenvalue weighted by Crippen LogP contribution is 2.26. The van der Waals surface area contributed by atoms with Gasteiger partial charge in [0.25, 0.3) is 0 Å². The van der Waals surface area contributed by atoms with Gasteiger partial charge in [0.1, 0.15) is 21.8 Å². The van der Waals surface area contributed by atoms with Crippen molar-refractivity contribution in [3.63, 3.8) is 0 Å². The number of aliphatic hydroxyl groups is 1. The van der Waals surface area contributed by atoms with Crippen LogP contribution in [0.5, 0.6) is 5.75 Å². The fourth-order valence-electron chi connectivity index (χ4n) is 3.16. The molecule has 3 aromatic carbocycles. The molecule has 0 bridgehead atoms. The van der Waals surface area contributed by atoms with E-state index in [1.807, 2.05) is 6.92 Å². The number of para-hydroxylation sites is 1. The van der Waals surface area contributed by atoms with Crippen molar-refractivity contribution in [1.82, 2.24) is 0 Å². The van der Waals surface area contributed by atoms with Crippen molar-refractivity contribution in [2.45, 2.75) is 18.2 Å². The summed E-state index contributed by atoms with van der Waals surface area (Å²) in [5.74, 6) is 0.0243. The molecule has 4 aromatic rings. The zero-order valence-corrected chi connectivity index (χ0v) is 16.4. The first-order chi connectivity index (χ1) is 13.9. The van der Waals surface area contributed by atoms with Crippen LogP contribution in [0.15, 0.2) is 74.8 Å². The van der Waals surface area contributed by atoms with E-state index in [2.05, 4.69) is 0 Å². The molecule has 0 unspecified atom stereocenters. The van der Waals surface area contributed by atoms with Crippen LogP contribution in [0.25, 0.3) is 21.9 Å². The summed E-state index contributed by atoms with van der Waals surface area (Å²) in [7, 11) is -4.03. The van der Waals surface area contributed by atoms with Crippen LogP contribution < -0.4 is 9.61 Å². The lowest BCUT2D eigenvalue weighted by atomic mass is 10.1. The van der Waals surface area contributed by atoms with Crippen molar-refractivity contribution >= 4 is 32.1 Å². The maximum Gasteiger partial charge on any atom is 0.339 e. The number of rotatable bonds is 5. The molecule has 1 aromatic heterocycles. The van der Waals surface area contributed by atoms with Crippen molar-refractivity contribution in [3.05, 3.63) is 82.0 Å². The summed E-state index contributed by atoms with van der Waals surface area (Å²) >= 11 is 0. The van der Waals surface area contributed by atoms with Gasteiger partial charge in [0.15, 0.2) is 0 Å². The van der Waals surface area contributed by atoms with Gasteiger partial charge in [-0.2, -0.15) is 8.42 Å². The average Bonchev–Trinajstić information content (AvgIpc) is 2.69. The molecule has 0 amide bonds. The molecule has 6 nitrogen and oxygen atoms in total.